The van der Waals surface area contributed by atoms with Crippen LogP contribution in [-0.4, -0.2) is 44.7 Å². The van der Waals surface area contributed by atoms with E-state index in [1.165, 1.54) is 18.2 Å². The van der Waals surface area contributed by atoms with E-state index in [0.717, 1.165) is 0 Å². The van der Waals surface area contributed by atoms with Gasteiger partial charge in [-0.05, 0) is 12.1 Å². The van der Waals surface area contributed by atoms with Gasteiger partial charge in [0.15, 0.2) is 5.75 Å². The number of benzene rings is 1. The summed E-state index contributed by atoms with van der Waals surface area (Å²) < 4.78 is 15.4. The van der Waals surface area contributed by atoms with Crippen molar-refractivity contribution >= 4 is 12.0 Å². The zero-order valence-electron chi connectivity index (χ0n) is 11.2. The summed E-state index contributed by atoms with van der Waals surface area (Å²) in [5, 5.41) is 10.9. The average molecular weight is 283 g/mol. The van der Waals surface area contributed by atoms with E-state index >= 15 is 0 Å². The number of hydrogen-bond acceptors (Lipinski definition) is 6. The Labute approximate surface area is 116 Å². The number of ether oxygens (including phenoxy) is 3. The van der Waals surface area contributed by atoms with Crippen LogP contribution in [0.25, 0.3) is 0 Å². The van der Waals surface area contributed by atoms with Gasteiger partial charge in [-0.2, -0.15) is 0 Å². The number of hydrogen-bond donors (Lipinski definition) is 0. The summed E-state index contributed by atoms with van der Waals surface area (Å²) >= 11 is 0. The van der Waals surface area contributed by atoms with Gasteiger partial charge in [0.05, 0.1) is 24.7 Å². The van der Waals surface area contributed by atoms with Crippen LogP contribution in [0.1, 0.15) is 16.8 Å². The first-order chi connectivity index (χ1) is 9.69. The Morgan fingerprint density at radius 3 is 2.70 bits per heavy atom. The van der Waals surface area contributed by atoms with Crippen molar-refractivity contribution in [2.75, 3.05) is 33.5 Å². The summed E-state index contributed by atoms with van der Waals surface area (Å²) in [6, 6.07) is 4.09. The molecule has 20 heavy (non-hydrogen) atoms. The Morgan fingerprint density at radius 2 is 2.05 bits per heavy atom. The minimum absolute atomic E-state index is 0.150. The topological polar surface area (TPSA) is 87.9 Å². The molecule has 0 radical (unpaired) electrons. The molecule has 0 bridgehead atoms. The number of aldehydes is 1. The maximum Gasteiger partial charge on any atom is 0.311 e. The average Bonchev–Trinajstić information content (AvgIpc) is 2.46. The van der Waals surface area contributed by atoms with Crippen LogP contribution >= 0.6 is 0 Å². The number of methoxy groups -OCH3 is 1. The second-order valence-corrected chi connectivity index (χ2v) is 3.91. The maximum atomic E-state index is 10.9. The molecule has 0 atom stereocenters. The Balaban J connectivity index is 2.43. The molecule has 0 amide bonds. The van der Waals surface area contributed by atoms with Gasteiger partial charge in [-0.3, -0.25) is 14.9 Å². The Bertz CT molecular complexity index is 448. The molecule has 0 unspecified atom stereocenters. The minimum atomic E-state index is -0.572. The van der Waals surface area contributed by atoms with Crippen LogP contribution in [0.15, 0.2) is 18.2 Å². The van der Waals surface area contributed by atoms with Crippen molar-refractivity contribution in [3.05, 3.63) is 33.9 Å². The van der Waals surface area contributed by atoms with Crippen molar-refractivity contribution in [1.82, 2.24) is 0 Å². The first kappa shape index (κ1) is 16.1. The highest BCUT2D eigenvalue weighted by Crippen LogP contribution is 2.27. The number of nitrogens with zero attached hydrogens (tertiary/aromatic N) is 1. The predicted octanol–water partition coefficient (Wildman–Crippen LogP) is 1.84. The number of nitro benzene ring substituents is 1. The number of rotatable bonds is 10. The van der Waals surface area contributed by atoms with Gasteiger partial charge >= 0.3 is 5.69 Å². The van der Waals surface area contributed by atoms with Gasteiger partial charge in [0.25, 0.3) is 0 Å². The third kappa shape index (κ3) is 5.33. The lowest BCUT2D eigenvalue weighted by Crippen LogP contribution is -2.07. The first-order valence-corrected chi connectivity index (χ1v) is 6.12. The molecule has 1 aromatic rings. The van der Waals surface area contributed by atoms with Gasteiger partial charge in [0.1, 0.15) is 6.29 Å². The maximum absolute atomic E-state index is 10.9. The molecule has 7 heteroatoms. The van der Waals surface area contributed by atoms with Gasteiger partial charge in [-0.15, -0.1) is 0 Å². The van der Waals surface area contributed by atoms with Gasteiger partial charge in [-0.25, -0.2) is 0 Å². The highest BCUT2D eigenvalue weighted by Gasteiger charge is 2.15. The normalized spacial score (nSPS) is 10.2. The molecule has 0 fully saturated rings. The summed E-state index contributed by atoms with van der Waals surface area (Å²) in [6.07, 6.45) is 1.16. The third-order valence-electron chi connectivity index (χ3n) is 2.44. The fraction of sp³-hybridized carbons (Fsp3) is 0.462. The van der Waals surface area contributed by atoms with E-state index in [2.05, 4.69) is 0 Å². The molecule has 0 heterocycles. The highest BCUT2D eigenvalue weighted by molar-refractivity contribution is 5.77. The van der Waals surface area contributed by atoms with Crippen LogP contribution in [0.3, 0.4) is 0 Å². The second kappa shape index (κ2) is 9.00. The SMILES string of the molecule is COCCOCCCOc1ccc(C=O)cc1[N+](=O)[O-]. The Kier molecular flexibility index (Phi) is 7.23. The zero-order valence-corrected chi connectivity index (χ0v) is 11.2. The zero-order chi connectivity index (χ0) is 14.8. The Morgan fingerprint density at radius 1 is 1.25 bits per heavy atom. The smallest absolute Gasteiger partial charge is 0.311 e. The fourth-order valence-electron chi connectivity index (χ4n) is 1.46. The van der Waals surface area contributed by atoms with Crippen molar-refractivity contribution in [2.45, 2.75) is 6.42 Å². The van der Waals surface area contributed by atoms with E-state index in [4.69, 9.17) is 14.2 Å². The van der Waals surface area contributed by atoms with E-state index in [1.54, 1.807) is 7.11 Å². The molecule has 0 spiro atoms. The van der Waals surface area contributed by atoms with Crippen molar-refractivity contribution < 1.29 is 23.9 Å². The van der Waals surface area contributed by atoms with E-state index in [-0.39, 0.29) is 17.0 Å². The number of carbonyl (C=O) groups is 1. The lowest BCUT2D eigenvalue weighted by Gasteiger charge is -2.07. The van der Waals surface area contributed by atoms with Crippen molar-refractivity contribution in [2.24, 2.45) is 0 Å². The molecule has 0 N–H and O–H groups in total. The van der Waals surface area contributed by atoms with Crippen molar-refractivity contribution in [3.63, 3.8) is 0 Å². The third-order valence-corrected chi connectivity index (χ3v) is 2.44. The summed E-state index contributed by atoms with van der Waals surface area (Å²) in [6.45, 7) is 1.82. The van der Waals surface area contributed by atoms with E-state index < -0.39 is 4.92 Å². The standard InChI is InChI=1S/C13H17NO6/c1-18-7-8-19-5-2-6-20-13-4-3-11(10-15)9-12(13)14(16)17/h3-4,9-10H,2,5-8H2,1H3. The molecule has 0 saturated carbocycles. The second-order valence-electron chi connectivity index (χ2n) is 3.91. The van der Waals surface area contributed by atoms with Crippen LogP contribution in [0.2, 0.25) is 0 Å². The summed E-state index contributed by atoms with van der Waals surface area (Å²) in [5.74, 6) is 0.150. The Hall–Kier alpha value is -1.99. The summed E-state index contributed by atoms with van der Waals surface area (Å²) in [4.78, 5) is 20.9. The fourth-order valence-corrected chi connectivity index (χ4v) is 1.46. The molecule has 110 valence electrons. The molecule has 1 aromatic carbocycles. The molecule has 0 aromatic heterocycles. The highest BCUT2D eigenvalue weighted by atomic mass is 16.6. The number of carbonyl (C=O) groups excluding carboxylic acids is 1. The van der Waals surface area contributed by atoms with Crippen LogP contribution in [0.4, 0.5) is 5.69 Å². The first-order valence-electron chi connectivity index (χ1n) is 6.12. The molecular weight excluding hydrogens is 266 g/mol. The molecule has 0 aliphatic rings. The van der Waals surface area contributed by atoms with Crippen LogP contribution in [-0.2, 0) is 9.47 Å². The lowest BCUT2D eigenvalue weighted by molar-refractivity contribution is -0.385. The summed E-state index contributed by atoms with van der Waals surface area (Å²) in [5.41, 5.74) is 0.0295. The molecule has 0 aliphatic carbocycles. The van der Waals surface area contributed by atoms with Gasteiger partial charge in [-0.1, -0.05) is 0 Å². The lowest BCUT2D eigenvalue weighted by atomic mass is 10.2. The van der Waals surface area contributed by atoms with E-state index in [9.17, 15) is 14.9 Å². The molecule has 7 nitrogen and oxygen atoms in total. The quantitative estimate of drug-likeness (QED) is 0.282. The molecule has 0 aliphatic heterocycles. The van der Waals surface area contributed by atoms with Crippen LogP contribution in [0, 0.1) is 10.1 Å². The number of nitro groups is 1. The van der Waals surface area contributed by atoms with Crippen molar-refractivity contribution in [3.8, 4) is 5.75 Å². The molecule has 0 saturated heterocycles. The van der Waals surface area contributed by atoms with Crippen molar-refractivity contribution in [1.29, 1.82) is 0 Å². The predicted molar refractivity (Wildman–Crippen MR) is 71.3 cm³/mol. The van der Waals surface area contributed by atoms with E-state index in [1.807, 2.05) is 0 Å². The van der Waals surface area contributed by atoms with Crippen LogP contribution < -0.4 is 4.74 Å². The molecular formula is C13H17NO6. The monoisotopic (exact) mass is 283 g/mol. The van der Waals surface area contributed by atoms with Crippen LogP contribution in [0.5, 0.6) is 5.75 Å². The minimum Gasteiger partial charge on any atom is -0.487 e. The summed E-state index contributed by atoms with van der Waals surface area (Å²) in [7, 11) is 1.59. The van der Waals surface area contributed by atoms with Gasteiger partial charge in [0.2, 0.25) is 0 Å². The largest absolute Gasteiger partial charge is 0.487 e. The molecule has 1 rings (SSSR count). The van der Waals surface area contributed by atoms with Gasteiger partial charge in [0, 0.05) is 31.8 Å². The van der Waals surface area contributed by atoms with E-state index in [0.29, 0.717) is 39.1 Å². The van der Waals surface area contributed by atoms with Gasteiger partial charge < -0.3 is 14.2 Å².